The van der Waals surface area contributed by atoms with Crippen LogP contribution in [0.4, 0.5) is 0 Å². The first-order chi connectivity index (χ1) is 3.30. The van der Waals surface area contributed by atoms with Crippen molar-refractivity contribution in [2.24, 2.45) is 0 Å². The van der Waals surface area contributed by atoms with Gasteiger partial charge in [-0.15, -0.1) is 0 Å². The van der Waals surface area contributed by atoms with Gasteiger partial charge in [-0.05, 0) is 6.08 Å². The molecule has 1 aliphatic rings. The van der Waals surface area contributed by atoms with Gasteiger partial charge in [-0.1, -0.05) is 6.08 Å². The van der Waals surface area contributed by atoms with Gasteiger partial charge in [0.2, 0.25) is 0 Å². The molecule has 0 unspecified atom stereocenters. The highest BCUT2D eigenvalue weighted by Gasteiger charge is 2.02. The molecular formula is C5H8N2. The van der Waals surface area contributed by atoms with Gasteiger partial charge >= 0.3 is 0 Å². The second-order valence-corrected chi connectivity index (χ2v) is 1.67. The average molecular weight is 96.1 g/mol. The van der Waals surface area contributed by atoms with Gasteiger partial charge in [0.25, 0.3) is 0 Å². The maximum Gasteiger partial charge on any atom is 0.120 e. The van der Waals surface area contributed by atoms with Crippen molar-refractivity contribution in [1.29, 1.82) is 5.41 Å². The van der Waals surface area contributed by atoms with Crippen molar-refractivity contribution in [3.05, 3.63) is 12.2 Å². The van der Waals surface area contributed by atoms with E-state index in [-0.39, 0.29) is 0 Å². The van der Waals surface area contributed by atoms with Crippen LogP contribution in [-0.4, -0.2) is 24.3 Å². The van der Waals surface area contributed by atoms with Crippen LogP contribution in [0.2, 0.25) is 0 Å². The topological polar surface area (TPSA) is 27.1 Å². The van der Waals surface area contributed by atoms with Gasteiger partial charge in [0.1, 0.15) is 5.84 Å². The molecule has 0 aliphatic carbocycles. The second kappa shape index (κ2) is 1.37. The van der Waals surface area contributed by atoms with Gasteiger partial charge in [0, 0.05) is 13.6 Å². The van der Waals surface area contributed by atoms with Crippen LogP contribution in [0.3, 0.4) is 0 Å². The van der Waals surface area contributed by atoms with Gasteiger partial charge in [-0.25, -0.2) is 0 Å². The van der Waals surface area contributed by atoms with E-state index in [0.29, 0.717) is 5.84 Å². The standard InChI is InChI=1S/C5H8N2/c1-7-4-2-3-5(7)6/h2-3,6H,4H2,1H3. The van der Waals surface area contributed by atoms with Crippen LogP contribution in [0.25, 0.3) is 0 Å². The molecule has 0 saturated carbocycles. The molecule has 0 atom stereocenters. The Hall–Kier alpha value is -0.790. The highest BCUT2D eigenvalue weighted by atomic mass is 15.1. The molecule has 0 radical (unpaired) electrons. The first-order valence-electron chi connectivity index (χ1n) is 2.27. The van der Waals surface area contributed by atoms with Crippen molar-refractivity contribution in [2.75, 3.05) is 13.6 Å². The molecule has 0 amide bonds. The van der Waals surface area contributed by atoms with E-state index in [1.54, 1.807) is 6.08 Å². The molecule has 1 N–H and O–H groups in total. The summed E-state index contributed by atoms with van der Waals surface area (Å²) in [6.45, 7) is 0.902. The first-order valence-corrected chi connectivity index (χ1v) is 2.27. The van der Waals surface area contributed by atoms with E-state index in [4.69, 9.17) is 5.41 Å². The number of nitrogens with one attached hydrogen (secondary N) is 1. The minimum Gasteiger partial charge on any atom is -0.356 e. The molecule has 38 valence electrons. The summed E-state index contributed by atoms with van der Waals surface area (Å²) in [7, 11) is 1.91. The summed E-state index contributed by atoms with van der Waals surface area (Å²) in [6, 6.07) is 0. The molecule has 0 saturated heterocycles. The Labute approximate surface area is 42.9 Å². The van der Waals surface area contributed by atoms with Crippen LogP contribution in [0.1, 0.15) is 0 Å². The van der Waals surface area contributed by atoms with Gasteiger partial charge in [-0.2, -0.15) is 0 Å². The quantitative estimate of drug-likeness (QED) is 0.466. The molecule has 2 heteroatoms. The fourth-order valence-corrected chi connectivity index (χ4v) is 0.548. The Bertz CT molecular complexity index is 115. The number of nitrogens with zero attached hydrogens (tertiary/aromatic N) is 1. The van der Waals surface area contributed by atoms with E-state index in [9.17, 15) is 0 Å². The maximum absolute atomic E-state index is 7.09. The van der Waals surface area contributed by atoms with Crippen LogP contribution >= 0.6 is 0 Å². The van der Waals surface area contributed by atoms with E-state index in [2.05, 4.69) is 0 Å². The summed E-state index contributed by atoms with van der Waals surface area (Å²) >= 11 is 0. The molecule has 1 rings (SSSR count). The van der Waals surface area contributed by atoms with E-state index < -0.39 is 0 Å². The summed E-state index contributed by atoms with van der Waals surface area (Å²) in [4.78, 5) is 1.88. The summed E-state index contributed by atoms with van der Waals surface area (Å²) in [5.41, 5.74) is 0. The molecule has 0 aromatic carbocycles. The fourth-order valence-electron chi connectivity index (χ4n) is 0.548. The number of likely N-dealkylation sites (N-methyl/N-ethyl adjacent to an activating group) is 1. The number of hydrogen-bond acceptors (Lipinski definition) is 1. The van der Waals surface area contributed by atoms with E-state index in [1.165, 1.54) is 0 Å². The van der Waals surface area contributed by atoms with Crippen LogP contribution in [0.15, 0.2) is 12.2 Å². The van der Waals surface area contributed by atoms with E-state index >= 15 is 0 Å². The van der Waals surface area contributed by atoms with Crippen LogP contribution in [0.5, 0.6) is 0 Å². The monoisotopic (exact) mass is 96.1 g/mol. The molecule has 0 aromatic heterocycles. The maximum atomic E-state index is 7.09. The van der Waals surface area contributed by atoms with Crippen LogP contribution in [-0.2, 0) is 0 Å². The third-order valence-electron chi connectivity index (χ3n) is 1.07. The number of amidine groups is 1. The van der Waals surface area contributed by atoms with Gasteiger partial charge in [0.15, 0.2) is 0 Å². The third-order valence-corrected chi connectivity index (χ3v) is 1.07. The lowest BCUT2D eigenvalue weighted by Crippen LogP contribution is -2.18. The summed E-state index contributed by atoms with van der Waals surface area (Å²) in [5.74, 6) is 0.611. The summed E-state index contributed by atoms with van der Waals surface area (Å²) < 4.78 is 0. The van der Waals surface area contributed by atoms with Crippen molar-refractivity contribution < 1.29 is 0 Å². The van der Waals surface area contributed by atoms with Crippen molar-refractivity contribution in [2.45, 2.75) is 0 Å². The summed E-state index contributed by atoms with van der Waals surface area (Å²) in [5, 5.41) is 7.09. The minimum atomic E-state index is 0.611. The normalized spacial score (nSPS) is 19.0. The Morgan fingerprint density at radius 2 is 2.57 bits per heavy atom. The highest BCUT2D eigenvalue weighted by molar-refractivity contribution is 5.92. The van der Waals surface area contributed by atoms with Crippen molar-refractivity contribution in [3.63, 3.8) is 0 Å². The molecule has 0 spiro atoms. The molecule has 1 heterocycles. The van der Waals surface area contributed by atoms with Gasteiger partial charge in [0.05, 0.1) is 0 Å². The molecular weight excluding hydrogens is 88.1 g/mol. The fraction of sp³-hybridized carbons (Fsp3) is 0.400. The van der Waals surface area contributed by atoms with Gasteiger partial charge in [-0.3, -0.25) is 5.41 Å². The predicted molar refractivity (Wildman–Crippen MR) is 29.5 cm³/mol. The smallest absolute Gasteiger partial charge is 0.120 e. The zero-order chi connectivity index (χ0) is 5.28. The van der Waals surface area contributed by atoms with E-state index in [1.807, 2.05) is 18.0 Å². The summed E-state index contributed by atoms with van der Waals surface area (Å²) in [6.07, 6.45) is 3.78. The Balaban J connectivity index is 2.62. The van der Waals surface area contributed by atoms with Crippen molar-refractivity contribution in [3.8, 4) is 0 Å². The van der Waals surface area contributed by atoms with Crippen LogP contribution < -0.4 is 0 Å². The van der Waals surface area contributed by atoms with Gasteiger partial charge < -0.3 is 4.90 Å². The SMILES string of the molecule is CN1CC=CC1=N. The lowest BCUT2D eigenvalue weighted by atomic mass is 10.6. The zero-order valence-corrected chi connectivity index (χ0v) is 4.31. The molecule has 7 heavy (non-hydrogen) atoms. The van der Waals surface area contributed by atoms with Crippen LogP contribution in [0, 0.1) is 5.41 Å². The molecule has 0 fully saturated rings. The lowest BCUT2D eigenvalue weighted by Gasteiger charge is -2.06. The number of hydrogen-bond donors (Lipinski definition) is 1. The van der Waals surface area contributed by atoms with E-state index in [0.717, 1.165) is 6.54 Å². The predicted octanol–water partition coefficient (Wildman–Crippen LogP) is 0.465. The molecule has 0 aromatic rings. The minimum absolute atomic E-state index is 0.611. The highest BCUT2D eigenvalue weighted by Crippen LogP contribution is 1.94. The largest absolute Gasteiger partial charge is 0.356 e. The lowest BCUT2D eigenvalue weighted by molar-refractivity contribution is 0.579. The third kappa shape index (κ3) is 0.633. The first kappa shape index (κ1) is 4.37. The number of rotatable bonds is 0. The molecule has 1 aliphatic heterocycles. The Kier molecular flexibility index (Phi) is 0.855. The molecule has 2 nitrogen and oxygen atoms in total. The Morgan fingerprint density at radius 1 is 1.86 bits per heavy atom. The zero-order valence-electron chi connectivity index (χ0n) is 4.31. The Morgan fingerprint density at radius 3 is 2.71 bits per heavy atom. The van der Waals surface area contributed by atoms with Crippen molar-refractivity contribution >= 4 is 5.84 Å². The van der Waals surface area contributed by atoms with Crippen molar-refractivity contribution in [1.82, 2.24) is 4.90 Å². The average Bonchev–Trinajstić information content (AvgIpc) is 1.91. The second-order valence-electron chi connectivity index (χ2n) is 1.67. The molecule has 0 bridgehead atoms.